The Hall–Kier alpha value is -2.83. The quantitative estimate of drug-likeness (QED) is 0.492. The average molecular weight is 455 g/mol. The standard InChI is InChI=1S/C25H27ClN2O4/c1-4-27(5-2)13-6-14-28-22(16-7-9-17(26)10-8-16)21-23(29)19-12-11-18(31-3)15-20(19)32-24(21)25(28)30/h7-12,15,22H,4-6,13-14H2,1-3H3. The Morgan fingerprint density at radius 1 is 1.09 bits per heavy atom. The predicted octanol–water partition coefficient (Wildman–Crippen LogP) is 4.73. The average Bonchev–Trinajstić information content (AvgIpc) is 3.09. The van der Waals surface area contributed by atoms with Crippen molar-refractivity contribution in [3.63, 3.8) is 0 Å². The molecule has 4 rings (SSSR count). The summed E-state index contributed by atoms with van der Waals surface area (Å²) < 4.78 is 11.3. The van der Waals surface area contributed by atoms with Crippen LogP contribution < -0.4 is 10.2 Å². The number of carbonyl (C=O) groups excluding carboxylic acids is 1. The van der Waals surface area contributed by atoms with Crippen LogP contribution in [0.5, 0.6) is 5.75 Å². The Labute approximate surface area is 192 Å². The Morgan fingerprint density at radius 2 is 1.81 bits per heavy atom. The molecule has 0 fully saturated rings. The van der Waals surface area contributed by atoms with Gasteiger partial charge < -0.3 is 19.0 Å². The molecule has 0 radical (unpaired) electrons. The number of methoxy groups -OCH3 is 1. The number of rotatable bonds is 8. The molecule has 1 aliphatic rings. The summed E-state index contributed by atoms with van der Waals surface area (Å²) in [6, 6.07) is 11.8. The molecule has 0 saturated carbocycles. The lowest BCUT2D eigenvalue weighted by atomic mass is 9.98. The summed E-state index contributed by atoms with van der Waals surface area (Å²) in [7, 11) is 1.55. The van der Waals surface area contributed by atoms with Gasteiger partial charge in [0, 0.05) is 17.6 Å². The van der Waals surface area contributed by atoms with Crippen molar-refractivity contribution in [3.8, 4) is 5.75 Å². The fraction of sp³-hybridized carbons (Fsp3) is 0.360. The molecule has 0 bridgehead atoms. The van der Waals surface area contributed by atoms with Crippen LogP contribution in [0.15, 0.2) is 51.7 Å². The fourth-order valence-corrected chi connectivity index (χ4v) is 4.48. The lowest BCUT2D eigenvalue weighted by Crippen LogP contribution is -2.33. The minimum absolute atomic E-state index is 0.110. The monoisotopic (exact) mass is 454 g/mol. The second-order valence-corrected chi connectivity index (χ2v) is 8.31. The van der Waals surface area contributed by atoms with E-state index in [1.807, 2.05) is 12.1 Å². The number of nitrogens with zero attached hydrogens (tertiary/aromatic N) is 2. The van der Waals surface area contributed by atoms with Crippen LogP contribution in [0.4, 0.5) is 0 Å². The van der Waals surface area contributed by atoms with E-state index in [-0.39, 0.29) is 17.1 Å². The van der Waals surface area contributed by atoms with Gasteiger partial charge in [-0.15, -0.1) is 0 Å². The van der Waals surface area contributed by atoms with Crippen molar-refractivity contribution in [2.75, 3.05) is 33.3 Å². The van der Waals surface area contributed by atoms with Crippen molar-refractivity contribution in [1.29, 1.82) is 0 Å². The van der Waals surface area contributed by atoms with Crippen molar-refractivity contribution < 1.29 is 13.9 Å². The summed E-state index contributed by atoms with van der Waals surface area (Å²) in [6.07, 6.45) is 0.799. The number of amides is 1. The largest absolute Gasteiger partial charge is 0.497 e. The normalized spacial score (nSPS) is 15.6. The molecule has 2 aromatic carbocycles. The molecule has 1 amide bonds. The molecule has 0 aliphatic carbocycles. The highest BCUT2D eigenvalue weighted by molar-refractivity contribution is 6.30. The Balaban J connectivity index is 1.80. The molecule has 1 atom stereocenters. The van der Waals surface area contributed by atoms with Crippen LogP contribution in [-0.2, 0) is 0 Å². The van der Waals surface area contributed by atoms with E-state index in [2.05, 4.69) is 18.7 Å². The third-order valence-electron chi connectivity index (χ3n) is 6.13. The van der Waals surface area contributed by atoms with Crippen molar-refractivity contribution in [1.82, 2.24) is 9.80 Å². The zero-order valence-electron chi connectivity index (χ0n) is 18.6. The highest BCUT2D eigenvalue weighted by atomic mass is 35.5. The van der Waals surface area contributed by atoms with Gasteiger partial charge in [0.2, 0.25) is 5.76 Å². The van der Waals surface area contributed by atoms with E-state index in [1.165, 1.54) is 0 Å². The van der Waals surface area contributed by atoms with E-state index in [0.29, 0.717) is 33.8 Å². The van der Waals surface area contributed by atoms with E-state index >= 15 is 0 Å². The number of hydrogen-bond donors (Lipinski definition) is 0. The molecule has 1 aromatic heterocycles. The van der Waals surface area contributed by atoms with Gasteiger partial charge in [0.15, 0.2) is 5.43 Å². The number of hydrogen-bond acceptors (Lipinski definition) is 5. The fourth-order valence-electron chi connectivity index (χ4n) is 4.35. The van der Waals surface area contributed by atoms with Crippen LogP contribution in [0.3, 0.4) is 0 Å². The van der Waals surface area contributed by atoms with Gasteiger partial charge in [-0.05, 0) is 55.9 Å². The molecule has 32 heavy (non-hydrogen) atoms. The van der Waals surface area contributed by atoms with E-state index in [1.54, 1.807) is 42.3 Å². The van der Waals surface area contributed by atoms with Gasteiger partial charge >= 0.3 is 0 Å². The third-order valence-corrected chi connectivity index (χ3v) is 6.38. The summed E-state index contributed by atoms with van der Waals surface area (Å²) in [5, 5.41) is 1.03. The molecule has 0 spiro atoms. The molecule has 0 saturated heterocycles. The Morgan fingerprint density at radius 3 is 2.47 bits per heavy atom. The lowest BCUT2D eigenvalue weighted by molar-refractivity contribution is 0.0720. The van der Waals surface area contributed by atoms with Gasteiger partial charge in [0.1, 0.15) is 11.3 Å². The first-order chi connectivity index (χ1) is 15.5. The van der Waals surface area contributed by atoms with E-state index in [0.717, 1.165) is 31.6 Å². The maximum absolute atomic E-state index is 13.5. The minimum Gasteiger partial charge on any atom is -0.497 e. The molecule has 168 valence electrons. The molecule has 3 aromatic rings. The first-order valence-electron chi connectivity index (χ1n) is 10.9. The lowest BCUT2D eigenvalue weighted by Gasteiger charge is -2.26. The molecular formula is C25H27ClN2O4. The van der Waals surface area contributed by atoms with Crippen LogP contribution in [0.1, 0.15) is 48.0 Å². The Bertz CT molecular complexity index is 1190. The zero-order chi connectivity index (χ0) is 22.8. The SMILES string of the molecule is CCN(CC)CCCN1C(=O)c2oc3cc(OC)ccc3c(=O)c2C1c1ccc(Cl)cc1. The van der Waals surface area contributed by atoms with Crippen LogP contribution in [0, 0.1) is 0 Å². The summed E-state index contributed by atoms with van der Waals surface area (Å²) in [6.45, 7) is 7.56. The van der Waals surface area contributed by atoms with Crippen molar-refractivity contribution in [2.45, 2.75) is 26.3 Å². The molecular weight excluding hydrogens is 428 g/mol. The van der Waals surface area contributed by atoms with E-state index in [9.17, 15) is 9.59 Å². The van der Waals surface area contributed by atoms with Crippen molar-refractivity contribution in [3.05, 3.63) is 74.6 Å². The number of ether oxygens (including phenoxy) is 1. The second kappa shape index (κ2) is 9.35. The van der Waals surface area contributed by atoms with Crippen molar-refractivity contribution >= 4 is 28.5 Å². The third kappa shape index (κ3) is 4.00. The first-order valence-corrected chi connectivity index (χ1v) is 11.3. The predicted molar refractivity (Wildman–Crippen MR) is 126 cm³/mol. The van der Waals surface area contributed by atoms with Gasteiger partial charge in [-0.1, -0.05) is 37.6 Å². The number of benzene rings is 2. The van der Waals surface area contributed by atoms with Gasteiger partial charge in [-0.25, -0.2) is 0 Å². The first kappa shape index (κ1) is 22.4. The van der Waals surface area contributed by atoms with Crippen LogP contribution >= 0.6 is 11.6 Å². The van der Waals surface area contributed by atoms with Gasteiger partial charge in [-0.2, -0.15) is 0 Å². The van der Waals surface area contributed by atoms with Crippen LogP contribution in [0.25, 0.3) is 11.0 Å². The van der Waals surface area contributed by atoms with Gasteiger partial charge in [0.25, 0.3) is 5.91 Å². The van der Waals surface area contributed by atoms with Crippen LogP contribution in [-0.4, -0.2) is 49.0 Å². The maximum atomic E-state index is 13.5. The molecule has 1 unspecified atom stereocenters. The number of carbonyl (C=O) groups is 1. The smallest absolute Gasteiger partial charge is 0.290 e. The number of halogens is 1. The Kier molecular flexibility index (Phi) is 6.53. The summed E-state index contributed by atoms with van der Waals surface area (Å²) in [5.74, 6) is 0.413. The highest BCUT2D eigenvalue weighted by Crippen LogP contribution is 2.38. The van der Waals surface area contributed by atoms with E-state index < -0.39 is 6.04 Å². The summed E-state index contributed by atoms with van der Waals surface area (Å²) in [5.41, 5.74) is 1.38. The van der Waals surface area contributed by atoms with Crippen LogP contribution in [0.2, 0.25) is 5.02 Å². The van der Waals surface area contributed by atoms with E-state index in [4.69, 9.17) is 20.8 Å². The maximum Gasteiger partial charge on any atom is 0.290 e. The highest BCUT2D eigenvalue weighted by Gasteiger charge is 2.42. The molecule has 1 aliphatic heterocycles. The molecule has 0 N–H and O–H groups in total. The molecule has 7 heteroatoms. The zero-order valence-corrected chi connectivity index (χ0v) is 19.3. The second-order valence-electron chi connectivity index (χ2n) is 7.87. The topological polar surface area (TPSA) is 63.0 Å². The van der Waals surface area contributed by atoms with Crippen molar-refractivity contribution in [2.24, 2.45) is 0 Å². The molecule has 2 heterocycles. The summed E-state index contributed by atoms with van der Waals surface area (Å²) >= 11 is 6.09. The minimum atomic E-state index is -0.505. The van der Waals surface area contributed by atoms with Gasteiger partial charge in [0.05, 0.1) is 24.1 Å². The number of fused-ring (bicyclic) bond motifs is 2. The van der Waals surface area contributed by atoms with Gasteiger partial charge in [-0.3, -0.25) is 9.59 Å². The summed E-state index contributed by atoms with van der Waals surface area (Å²) in [4.78, 5) is 31.0. The molecule has 6 nitrogen and oxygen atoms in total.